The molecule has 0 bridgehead atoms. The van der Waals surface area contributed by atoms with Gasteiger partial charge >= 0.3 is 0 Å². The lowest BCUT2D eigenvalue weighted by Gasteiger charge is -2.15. The molecule has 0 aliphatic rings. The third-order valence-corrected chi connectivity index (χ3v) is 9.64. The molecule has 0 N–H and O–H groups in total. The molecule has 50 heavy (non-hydrogen) atoms. The normalized spacial score (nSPS) is 11.1. The average Bonchev–Trinajstić information content (AvgIpc) is 3.70. The van der Waals surface area contributed by atoms with E-state index >= 15 is 0 Å². The van der Waals surface area contributed by atoms with Gasteiger partial charge in [0.2, 0.25) is 0 Å². The number of nitrogens with zero attached hydrogens (tertiary/aromatic N) is 5. The van der Waals surface area contributed by atoms with Crippen LogP contribution in [0.4, 0.5) is 0 Å². The summed E-state index contributed by atoms with van der Waals surface area (Å²) < 4.78 is 4.40. The van der Waals surface area contributed by atoms with E-state index in [1.54, 1.807) is 0 Å². The topological polar surface area (TPSA) is 81.2 Å². The summed E-state index contributed by atoms with van der Waals surface area (Å²) in [7, 11) is 0. The van der Waals surface area contributed by atoms with Crippen molar-refractivity contribution in [1.29, 1.82) is 15.8 Å². The van der Waals surface area contributed by atoms with E-state index in [1.165, 1.54) is 0 Å². The third kappa shape index (κ3) is 4.38. The summed E-state index contributed by atoms with van der Waals surface area (Å²) in [5.41, 5.74) is 11.9. The van der Waals surface area contributed by atoms with Crippen LogP contribution in [0.25, 0.3) is 77.2 Å². The highest BCUT2D eigenvalue weighted by Gasteiger charge is 2.18. The minimum Gasteiger partial charge on any atom is -0.309 e. The minimum atomic E-state index is 0.584. The van der Waals surface area contributed by atoms with Crippen LogP contribution in [0.3, 0.4) is 0 Å². The van der Waals surface area contributed by atoms with Crippen LogP contribution < -0.4 is 0 Å². The molecule has 0 radical (unpaired) electrons. The first kappa shape index (κ1) is 28.8. The van der Waals surface area contributed by atoms with E-state index in [-0.39, 0.29) is 0 Å². The lowest BCUT2D eigenvalue weighted by Crippen LogP contribution is -1.98. The molecule has 230 valence electrons. The van der Waals surface area contributed by atoms with Crippen molar-refractivity contribution in [2.45, 2.75) is 0 Å². The molecule has 0 fully saturated rings. The maximum Gasteiger partial charge on any atom is 0.101 e. The Morgan fingerprint density at radius 2 is 0.960 bits per heavy atom. The standard InChI is InChI=1S/C45H25N5/c46-26-29-12-22-43(50-42-11-4-2-8-37(42)40-25-30(27-47)13-23-44(40)50)39(24-29)33-16-14-31(15-17-33)32-18-20-35(21-19-32)49-41-10-3-1-7-36(41)38-9-5-6-34(28-48)45(38)49/h1-25H. The predicted molar refractivity (Wildman–Crippen MR) is 200 cm³/mol. The van der Waals surface area contributed by atoms with Gasteiger partial charge in [-0.1, -0.05) is 84.9 Å². The van der Waals surface area contributed by atoms with E-state index < -0.39 is 0 Å². The fourth-order valence-corrected chi connectivity index (χ4v) is 7.36. The predicted octanol–water partition coefficient (Wildman–Crippen LogP) is 10.8. The zero-order valence-electron chi connectivity index (χ0n) is 26.7. The molecule has 2 aromatic heterocycles. The van der Waals surface area contributed by atoms with Gasteiger partial charge in [0.1, 0.15) is 6.07 Å². The molecule has 2 heterocycles. The Morgan fingerprint density at radius 3 is 1.66 bits per heavy atom. The van der Waals surface area contributed by atoms with Crippen LogP contribution in [0.2, 0.25) is 0 Å². The quantitative estimate of drug-likeness (QED) is 0.193. The van der Waals surface area contributed by atoms with Gasteiger partial charge in [0.15, 0.2) is 0 Å². The van der Waals surface area contributed by atoms with Gasteiger partial charge in [0.05, 0.1) is 56.6 Å². The van der Waals surface area contributed by atoms with Gasteiger partial charge < -0.3 is 9.13 Å². The number of hydrogen-bond acceptors (Lipinski definition) is 3. The fourth-order valence-electron chi connectivity index (χ4n) is 7.36. The molecule has 5 nitrogen and oxygen atoms in total. The molecule has 0 saturated carbocycles. The largest absolute Gasteiger partial charge is 0.309 e. The van der Waals surface area contributed by atoms with Crippen molar-refractivity contribution in [3.8, 4) is 51.8 Å². The fraction of sp³-hybridized carbons (Fsp3) is 0. The second kappa shape index (κ2) is 11.4. The SMILES string of the molecule is N#Cc1ccc(-n2c3ccccc3c3cc(C#N)ccc32)c(-c2ccc(-c3ccc(-n4c5ccccc5c5cccc(C#N)c54)cc3)cc2)c1. The Kier molecular flexibility index (Phi) is 6.56. The summed E-state index contributed by atoms with van der Waals surface area (Å²) in [4.78, 5) is 0. The van der Waals surface area contributed by atoms with Crippen LogP contribution in [-0.2, 0) is 0 Å². The number of fused-ring (bicyclic) bond motifs is 6. The van der Waals surface area contributed by atoms with Crippen LogP contribution >= 0.6 is 0 Å². The lowest BCUT2D eigenvalue weighted by atomic mass is 9.97. The molecule has 9 rings (SSSR count). The molecule has 5 heteroatoms. The summed E-state index contributed by atoms with van der Waals surface area (Å²) in [5.74, 6) is 0. The first-order valence-corrected chi connectivity index (χ1v) is 16.3. The molecule has 7 aromatic carbocycles. The van der Waals surface area contributed by atoms with E-state index in [4.69, 9.17) is 0 Å². The molecule has 0 aliphatic carbocycles. The van der Waals surface area contributed by atoms with Crippen molar-refractivity contribution in [2.24, 2.45) is 0 Å². The van der Waals surface area contributed by atoms with Gasteiger partial charge in [-0.25, -0.2) is 0 Å². The number of rotatable bonds is 4. The van der Waals surface area contributed by atoms with Crippen LogP contribution in [0, 0.1) is 34.0 Å². The Balaban J connectivity index is 1.13. The van der Waals surface area contributed by atoms with Crippen LogP contribution in [-0.4, -0.2) is 9.13 Å². The average molecular weight is 636 g/mol. The summed E-state index contributed by atoms with van der Waals surface area (Å²) in [6.07, 6.45) is 0. The number of aromatic nitrogens is 2. The van der Waals surface area contributed by atoms with Crippen molar-refractivity contribution < 1.29 is 0 Å². The van der Waals surface area contributed by atoms with Crippen LogP contribution in [0.5, 0.6) is 0 Å². The zero-order valence-corrected chi connectivity index (χ0v) is 26.7. The third-order valence-electron chi connectivity index (χ3n) is 9.64. The Hall–Kier alpha value is -7.39. The van der Waals surface area contributed by atoms with Gasteiger partial charge in [0, 0.05) is 32.8 Å². The van der Waals surface area contributed by atoms with E-state index in [2.05, 4.69) is 106 Å². The Bertz CT molecular complexity index is 2940. The number of hydrogen-bond donors (Lipinski definition) is 0. The molecular weight excluding hydrogens is 611 g/mol. The number of benzene rings is 7. The lowest BCUT2D eigenvalue weighted by molar-refractivity contribution is 1.18. The highest BCUT2D eigenvalue weighted by atomic mass is 15.0. The van der Waals surface area contributed by atoms with Crippen molar-refractivity contribution in [1.82, 2.24) is 9.13 Å². The molecular formula is C45H25N5. The number of nitriles is 3. The summed E-state index contributed by atoms with van der Waals surface area (Å²) in [5, 5.41) is 33.7. The van der Waals surface area contributed by atoms with Crippen molar-refractivity contribution in [3.63, 3.8) is 0 Å². The molecule has 0 atom stereocenters. The molecule has 9 aromatic rings. The van der Waals surface area contributed by atoms with Gasteiger partial charge in [-0.15, -0.1) is 0 Å². The van der Waals surface area contributed by atoms with Gasteiger partial charge in [0.25, 0.3) is 0 Å². The highest BCUT2D eigenvalue weighted by Crippen LogP contribution is 2.38. The van der Waals surface area contributed by atoms with E-state index in [9.17, 15) is 15.8 Å². The minimum absolute atomic E-state index is 0.584. The zero-order chi connectivity index (χ0) is 33.8. The second-order valence-corrected chi connectivity index (χ2v) is 12.3. The Morgan fingerprint density at radius 1 is 0.400 bits per heavy atom. The summed E-state index contributed by atoms with van der Waals surface area (Å²) >= 11 is 0. The van der Waals surface area contributed by atoms with Crippen molar-refractivity contribution in [3.05, 3.63) is 168 Å². The highest BCUT2D eigenvalue weighted by molar-refractivity contribution is 6.11. The van der Waals surface area contributed by atoms with Crippen LogP contribution in [0.15, 0.2) is 152 Å². The first-order valence-electron chi connectivity index (χ1n) is 16.3. The smallest absolute Gasteiger partial charge is 0.101 e. The van der Waals surface area contributed by atoms with Gasteiger partial charge in [-0.2, -0.15) is 15.8 Å². The van der Waals surface area contributed by atoms with Crippen molar-refractivity contribution >= 4 is 43.6 Å². The molecule has 0 saturated heterocycles. The van der Waals surface area contributed by atoms with Gasteiger partial charge in [-0.3, -0.25) is 0 Å². The molecule has 0 spiro atoms. The second-order valence-electron chi connectivity index (χ2n) is 12.3. The molecule has 0 amide bonds. The Labute approximate surface area is 287 Å². The van der Waals surface area contributed by atoms with E-state index in [0.29, 0.717) is 16.7 Å². The first-order chi connectivity index (χ1) is 24.7. The summed E-state index contributed by atoms with van der Waals surface area (Å²) in [6.45, 7) is 0. The maximum atomic E-state index is 9.95. The molecule has 0 aliphatic heterocycles. The van der Waals surface area contributed by atoms with Crippen LogP contribution in [0.1, 0.15) is 16.7 Å². The van der Waals surface area contributed by atoms with E-state index in [0.717, 1.165) is 77.2 Å². The molecule has 0 unspecified atom stereocenters. The van der Waals surface area contributed by atoms with E-state index in [1.807, 2.05) is 72.8 Å². The number of para-hydroxylation sites is 3. The monoisotopic (exact) mass is 635 g/mol. The van der Waals surface area contributed by atoms with Gasteiger partial charge in [-0.05, 0) is 83.4 Å². The maximum absolute atomic E-state index is 9.95. The van der Waals surface area contributed by atoms with Crippen molar-refractivity contribution in [2.75, 3.05) is 0 Å². The summed E-state index contributed by atoms with van der Waals surface area (Å²) in [6, 6.07) is 57.9.